The molecule has 4 aromatic rings. The Morgan fingerprint density at radius 1 is 0.976 bits per heavy atom. The highest BCUT2D eigenvalue weighted by Gasteiger charge is 2.21. The van der Waals surface area contributed by atoms with Gasteiger partial charge in [-0.1, -0.05) is 49.9 Å². The smallest absolute Gasteiger partial charge is 0.335 e. The molecule has 214 valence electrons. The van der Waals surface area contributed by atoms with Crippen LogP contribution in [0.3, 0.4) is 0 Å². The zero-order valence-corrected chi connectivity index (χ0v) is 22.2. The van der Waals surface area contributed by atoms with Crippen LogP contribution in [0.1, 0.15) is 35.0 Å². The number of benzene rings is 4. The lowest BCUT2D eigenvalue weighted by molar-refractivity contribution is 0.0697. The third kappa shape index (κ3) is 7.23. The molecule has 10 heteroatoms. The van der Waals surface area contributed by atoms with Gasteiger partial charge in [0.25, 0.3) is 10.0 Å². The first-order valence-electron chi connectivity index (χ1n) is 12.6. The molecular weight excluding hydrogens is 544 g/mol. The number of fused-ring (bicyclic) bond motifs is 4. The minimum Gasteiger partial charge on any atom is -0.492 e. The molecule has 0 aromatic heterocycles. The van der Waals surface area contributed by atoms with Gasteiger partial charge >= 0.3 is 5.97 Å². The molecule has 0 fully saturated rings. The SMILES string of the molecule is C.O=C(O)c1ccc(-c2ccc(OCCNCC(O)c3ccc4cc3NS(=O)(=O)c3cccc(c3)CO4)cc2)cc1. The van der Waals surface area contributed by atoms with E-state index in [-0.39, 0.29) is 36.7 Å². The second kappa shape index (κ2) is 12.9. The monoisotopic (exact) mass is 576 g/mol. The molecule has 41 heavy (non-hydrogen) atoms. The molecule has 0 spiro atoms. The summed E-state index contributed by atoms with van der Waals surface area (Å²) >= 11 is 0. The zero-order valence-electron chi connectivity index (χ0n) is 21.4. The standard InChI is InChI=1S/C30H28N2O7S.CH4/c33-29(27-13-12-25-17-28(27)32-40(36,37)26-3-1-2-20(16-26)19-39-25)18-31-14-15-38-24-10-8-22(9-11-24)21-4-6-23(7-5-21)30(34)35;/h1-13,16-17,29,31-33H,14-15,18-19H2,(H,34,35);1H4. The van der Waals surface area contributed by atoms with Gasteiger partial charge in [0.1, 0.15) is 24.7 Å². The summed E-state index contributed by atoms with van der Waals surface area (Å²) in [5.41, 5.74) is 3.50. The lowest BCUT2D eigenvalue weighted by atomic mass is 10.0. The molecule has 0 radical (unpaired) electrons. The Balaban J connectivity index is 0.00000387. The van der Waals surface area contributed by atoms with Crippen LogP contribution in [0.15, 0.2) is 95.9 Å². The van der Waals surface area contributed by atoms with Crippen LogP contribution in [0.2, 0.25) is 0 Å². The van der Waals surface area contributed by atoms with E-state index in [0.717, 1.165) is 16.7 Å². The largest absolute Gasteiger partial charge is 0.492 e. The Hall–Kier alpha value is -4.38. The number of hydrogen-bond acceptors (Lipinski definition) is 7. The van der Waals surface area contributed by atoms with E-state index in [1.165, 1.54) is 6.07 Å². The quantitative estimate of drug-likeness (QED) is 0.203. The van der Waals surface area contributed by atoms with Gasteiger partial charge in [0.2, 0.25) is 0 Å². The van der Waals surface area contributed by atoms with E-state index in [0.29, 0.717) is 30.2 Å². The lowest BCUT2D eigenvalue weighted by Crippen LogP contribution is -2.27. The average Bonchev–Trinajstić information content (AvgIpc) is 2.96. The summed E-state index contributed by atoms with van der Waals surface area (Å²) in [4.78, 5) is 11.1. The molecule has 0 aliphatic carbocycles. The molecule has 0 saturated heterocycles. The van der Waals surface area contributed by atoms with Crippen LogP contribution in [-0.2, 0) is 16.6 Å². The maximum absolute atomic E-state index is 13.0. The van der Waals surface area contributed by atoms with Crippen LogP contribution in [0.5, 0.6) is 11.5 Å². The number of anilines is 1. The minimum absolute atomic E-state index is 0. The van der Waals surface area contributed by atoms with Gasteiger partial charge in [-0.3, -0.25) is 4.72 Å². The summed E-state index contributed by atoms with van der Waals surface area (Å²) in [5, 5.41) is 23.0. The van der Waals surface area contributed by atoms with Crippen LogP contribution in [0.4, 0.5) is 5.69 Å². The summed E-state index contributed by atoms with van der Waals surface area (Å²) in [7, 11) is -3.84. The van der Waals surface area contributed by atoms with Crippen molar-refractivity contribution >= 4 is 21.7 Å². The molecule has 0 saturated carbocycles. The Kier molecular flexibility index (Phi) is 9.28. The highest BCUT2D eigenvalue weighted by atomic mass is 32.2. The Labute approximate surface area is 239 Å². The van der Waals surface area contributed by atoms with Crippen LogP contribution in [0.25, 0.3) is 11.1 Å². The van der Waals surface area contributed by atoms with E-state index in [2.05, 4.69) is 10.0 Å². The molecule has 1 atom stereocenters. The van der Waals surface area contributed by atoms with Gasteiger partial charge in [-0.15, -0.1) is 0 Å². The fourth-order valence-corrected chi connectivity index (χ4v) is 5.46. The number of carbonyl (C=O) groups is 1. The Bertz CT molecular complexity index is 1600. The van der Waals surface area contributed by atoms with Crippen molar-refractivity contribution in [2.24, 2.45) is 0 Å². The molecule has 4 bridgehead atoms. The molecule has 9 nitrogen and oxygen atoms in total. The van der Waals surface area contributed by atoms with Gasteiger partial charge in [-0.2, -0.15) is 0 Å². The van der Waals surface area contributed by atoms with Gasteiger partial charge in [0.15, 0.2) is 0 Å². The summed E-state index contributed by atoms with van der Waals surface area (Å²) < 4.78 is 40.1. The van der Waals surface area contributed by atoms with Crippen LogP contribution in [-0.4, -0.2) is 44.3 Å². The summed E-state index contributed by atoms with van der Waals surface area (Å²) in [6, 6.07) is 25.6. The first-order valence-corrected chi connectivity index (χ1v) is 14.1. The Morgan fingerprint density at radius 2 is 1.68 bits per heavy atom. The van der Waals surface area contributed by atoms with E-state index in [1.54, 1.807) is 60.7 Å². The van der Waals surface area contributed by atoms with Crippen molar-refractivity contribution in [2.45, 2.75) is 25.0 Å². The van der Waals surface area contributed by atoms with Crippen molar-refractivity contribution in [1.82, 2.24) is 5.32 Å². The fourth-order valence-electron chi connectivity index (χ4n) is 4.32. The zero-order chi connectivity index (χ0) is 28.1. The fraction of sp³-hybridized carbons (Fsp3) is 0.194. The third-order valence-electron chi connectivity index (χ3n) is 6.45. The topological polar surface area (TPSA) is 134 Å². The van der Waals surface area contributed by atoms with E-state index in [9.17, 15) is 18.3 Å². The molecule has 4 N–H and O–H groups in total. The second-order valence-corrected chi connectivity index (χ2v) is 10.9. The molecule has 4 aromatic carbocycles. The number of hydrogen-bond donors (Lipinski definition) is 4. The summed E-state index contributed by atoms with van der Waals surface area (Å²) in [5.74, 6) is 0.201. The molecule has 1 aliphatic rings. The molecule has 1 heterocycles. The van der Waals surface area contributed by atoms with Crippen molar-refractivity contribution < 1.29 is 32.9 Å². The van der Waals surface area contributed by atoms with Gasteiger partial charge in [0, 0.05) is 24.7 Å². The summed E-state index contributed by atoms with van der Waals surface area (Å²) in [6.45, 7) is 1.21. The van der Waals surface area contributed by atoms with E-state index in [4.69, 9.17) is 14.6 Å². The average molecular weight is 577 g/mol. The van der Waals surface area contributed by atoms with Crippen molar-refractivity contribution in [2.75, 3.05) is 24.4 Å². The van der Waals surface area contributed by atoms with Crippen LogP contribution in [0, 0.1) is 0 Å². The number of nitrogens with one attached hydrogen (secondary N) is 2. The number of aliphatic hydroxyl groups excluding tert-OH is 1. The van der Waals surface area contributed by atoms with Crippen molar-refractivity contribution in [3.05, 3.63) is 108 Å². The number of rotatable bonds is 9. The maximum atomic E-state index is 13.0. The Morgan fingerprint density at radius 3 is 2.39 bits per heavy atom. The summed E-state index contributed by atoms with van der Waals surface area (Å²) in [6.07, 6.45) is -0.979. The van der Waals surface area contributed by atoms with Crippen LogP contribution < -0.4 is 19.5 Å². The highest BCUT2D eigenvalue weighted by molar-refractivity contribution is 7.92. The van der Waals surface area contributed by atoms with Gasteiger partial charge in [0.05, 0.1) is 22.3 Å². The normalized spacial score (nSPS) is 14.0. The number of sulfonamides is 1. The first kappa shape index (κ1) is 29.6. The lowest BCUT2D eigenvalue weighted by Gasteiger charge is -2.20. The van der Waals surface area contributed by atoms with Crippen LogP contribution >= 0.6 is 0 Å². The minimum atomic E-state index is -3.84. The number of carboxylic acid groups (broad SMARTS) is 1. The number of aliphatic hydroxyl groups is 1. The molecule has 1 aliphatic heterocycles. The molecule has 5 rings (SSSR count). The first-order chi connectivity index (χ1) is 19.3. The predicted octanol–water partition coefficient (Wildman–Crippen LogP) is 5.08. The second-order valence-electron chi connectivity index (χ2n) is 9.27. The number of carboxylic acids is 1. The van der Waals surface area contributed by atoms with Gasteiger partial charge in [-0.25, -0.2) is 13.2 Å². The maximum Gasteiger partial charge on any atom is 0.335 e. The predicted molar refractivity (Wildman–Crippen MR) is 157 cm³/mol. The molecule has 0 amide bonds. The van der Waals surface area contributed by atoms with Crippen molar-refractivity contribution in [1.29, 1.82) is 0 Å². The molecule has 1 unspecified atom stereocenters. The van der Waals surface area contributed by atoms with E-state index in [1.807, 2.05) is 24.3 Å². The van der Waals surface area contributed by atoms with Gasteiger partial charge < -0.3 is 25.0 Å². The highest BCUT2D eigenvalue weighted by Crippen LogP contribution is 2.31. The van der Waals surface area contributed by atoms with Crippen molar-refractivity contribution in [3.8, 4) is 22.6 Å². The van der Waals surface area contributed by atoms with E-state index < -0.39 is 22.1 Å². The number of aromatic carboxylic acids is 1. The third-order valence-corrected chi connectivity index (χ3v) is 7.81. The van der Waals surface area contributed by atoms with Gasteiger partial charge in [-0.05, 0) is 59.2 Å². The van der Waals surface area contributed by atoms with Crippen molar-refractivity contribution in [3.63, 3.8) is 0 Å². The number of ether oxygens (including phenoxy) is 2. The van der Waals surface area contributed by atoms with E-state index >= 15 is 0 Å². The molecular formula is C31H32N2O7S.